The van der Waals surface area contributed by atoms with Crippen molar-refractivity contribution in [2.75, 3.05) is 26.7 Å². The molecular formula is C15H20BrFN2O. The molecule has 1 atom stereocenters. The van der Waals surface area contributed by atoms with Crippen LogP contribution >= 0.6 is 15.9 Å². The van der Waals surface area contributed by atoms with E-state index in [-0.39, 0.29) is 17.8 Å². The molecule has 0 bridgehead atoms. The van der Waals surface area contributed by atoms with Crippen LogP contribution in [0.25, 0.3) is 0 Å². The van der Waals surface area contributed by atoms with Crippen LogP contribution in [0.15, 0.2) is 22.7 Å². The van der Waals surface area contributed by atoms with Gasteiger partial charge in [-0.2, -0.15) is 0 Å². The minimum Gasteiger partial charge on any atom is -0.334 e. The summed E-state index contributed by atoms with van der Waals surface area (Å²) in [4.78, 5) is 16.9. The van der Waals surface area contributed by atoms with Crippen LogP contribution in [0.2, 0.25) is 0 Å². The van der Waals surface area contributed by atoms with E-state index in [0.29, 0.717) is 10.0 Å². The van der Waals surface area contributed by atoms with Gasteiger partial charge in [-0.15, -0.1) is 0 Å². The van der Waals surface area contributed by atoms with Crippen LogP contribution in [0.5, 0.6) is 0 Å². The molecule has 1 aliphatic rings. The predicted octanol–water partition coefficient (Wildman–Crippen LogP) is 3.14. The molecule has 1 amide bonds. The van der Waals surface area contributed by atoms with Crippen molar-refractivity contribution in [2.24, 2.45) is 0 Å². The van der Waals surface area contributed by atoms with Crippen molar-refractivity contribution in [1.82, 2.24) is 9.80 Å². The SMILES string of the molecule is CCC1CN(C)CCCN1C(=O)c1cc(F)ccc1Br. The van der Waals surface area contributed by atoms with Crippen LogP contribution in [0.1, 0.15) is 30.1 Å². The van der Waals surface area contributed by atoms with Gasteiger partial charge in [0, 0.05) is 23.6 Å². The third kappa shape index (κ3) is 3.38. The highest BCUT2D eigenvalue weighted by molar-refractivity contribution is 9.10. The molecule has 110 valence electrons. The second kappa shape index (κ2) is 6.68. The molecule has 0 aliphatic carbocycles. The standard InChI is InChI=1S/C15H20BrFN2O/c1-3-12-10-18(2)7-4-8-19(12)15(20)13-9-11(17)5-6-14(13)16/h5-6,9,12H,3-4,7-8,10H2,1-2H3. The van der Waals surface area contributed by atoms with Crippen molar-refractivity contribution >= 4 is 21.8 Å². The van der Waals surface area contributed by atoms with E-state index in [2.05, 4.69) is 34.8 Å². The Morgan fingerprint density at radius 1 is 1.45 bits per heavy atom. The topological polar surface area (TPSA) is 23.6 Å². The Morgan fingerprint density at radius 2 is 2.20 bits per heavy atom. The first-order chi connectivity index (χ1) is 9.52. The molecule has 1 heterocycles. The molecule has 0 spiro atoms. The highest BCUT2D eigenvalue weighted by atomic mass is 79.9. The van der Waals surface area contributed by atoms with Crippen LogP contribution in [0.3, 0.4) is 0 Å². The highest BCUT2D eigenvalue weighted by Gasteiger charge is 2.28. The third-order valence-electron chi connectivity index (χ3n) is 3.79. The second-order valence-corrected chi connectivity index (χ2v) is 6.15. The van der Waals surface area contributed by atoms with Gasteiger partial charge in [-0.25, -0.2) is 4.39 Å². The van der Waals surface area contributed by atoms with Crippen LogP contribution < -0.4 is 0 Å². The van der Waals surface area contributed by atoms with Crippen LogP contribution in [-0.2, 0) is 0 Å². The average Bonchev–Trinajstić information content (AvgIpc) is 2.62. The summed E-state index contributed by atoms with van der Waals surface area (Å²) < 4.78 is 14.0. The maximum atomic E-state index is 13.4. The Kier molecular flexibility index (Phi) is 5.16. The molecule has 0 radical (unpaired) electrons. The number of hydrogen-bond donors (Lipinski definition) is 0. The van der Waals surface area contributed by atoms with E-state index in [4.69, 9.17) is 0 Å². The average molecular weight is 343 g/mol. The lowest BCUT2D eigenvalue weighted by atomic mass is 10.1. The summed E-state index contributed by atoms with van der Waals surface area (Å²) in [7, 11) is 2.08. The summed E-state index contributed by atoms with van der Waals surface area (Å²) in [5, 5.41) is 0. The molecule has 1 unspecified atom stereocenters. The molecule has 1 saturated heterocycles. The van der Waals surface area contributed by atoms with Crippen molar-refractivity contribution in [3.63, 3.8) is 0 Å². The number of rotatable bonds is 2. The summed E-state index contributed by atoms with van der Waals surface area (Å²) >= 11 is 3.35. The second-order valence-electron chi connectivity index (χ2n) is 5.30. The minimum absolute atomic E-state index is 0.0847. The van der Waals surface area contributed by atoms with E-state index >= 15 is 0 Å². The van der Waals surface area contributed by atoms with Crippen molar-refractivity contribution in [1.29, 1.82) is 0 Å². The Labute approximate surface area is 127 Å². The Bertz CT molecular complexity index is 495. The van der Waals surface area contributed by atoms with Crippen LogP contribution in [-0.4, -0.2) is 48.4 Å². The molecule has 0 aromatic heterocycles. The number of halogens is 2. The van der Waals surface area contributed by atoms with E-state index in [1.54, 1.807) is 6.07 Å². The number of amides is 1. The number of likely N-dealkylation sites (N-methyl/N-ethyl adjacent to an activating group) is 1. The molecule has 20 heavy (non-hydrogen) atoms. The van der Waals surface area contributed by atoms with Gasteiger partial charge < -0.3 is 9.80 Å². The maximum Gasteiger partial charge on any atom is 0.255 e. The third-order valence-corrected chi connectivity index (χ3v) is 4.48. The quantitative estimate of drug-likeness (QED) is 0.824. The van der Waals surface area contributed by atoms with Gasteiger partial charge in [0.2, 0.25) is 0 Å². The Hall–Kier alpha value is -0.940. The number of benzene rings is 1. The summed E-state index contributed by atoms with van der Waals surface area (Å²) in [6.07, 6.45) is 1.86. The number of nitrogens with zero attached hydrogens (tertiary/aromatic N) is 2. The van der Waals surface area contributed by atoms with Crippen molar-refractivity contribution in [2.45, 2.75) is 25.8 Å². The first kappa shape index (κ1) is 15.4. The fourth-order valence-electron chi connectivity index (χ4n) is 2.68. The number of hydrogen-bond acceptors (Lipinski definition) is 2. The zero-order chi connectivity index (χ0) is 14.7. The van der Waals surface area contributed by atoms with Crippen molar-refractivity contribution in [3.05, 3.63) is 34.1 Å². The lowest BCUT2D eigenvalue weighted by molar-refractivity contribution is 0.0674. The van der Waals surface area contributed by atoms with E-state index in [1.165, 1.54) is 12.1 Å². The van der Waals surface area contributed by atoms with E-state index in [9.17, 15) is 9.18 Å². The van der Waals surface area contributed by atoms with Gasteiger partial charge in [-0.1, -0.05) is 6.92 Å². The smallest absolute Gasteiger partial charge is 0.255 e. The molecule has 2 rings (SSSR count). The van der Waals surface area contributed by atoms with Crippen molar-refractivity contribution in [3.8, 4) is 0 Å². The van der Waals surface area contributed by atoms with E-state index in [1.807, 2.05) is 4.90 Å². The minimum atomic E-state index is -0.378. The van der Waals surface area contributed by atoms with Crippen LogP contribution in [0, 0.1) is 5.82 Å². The van der Waals surface area contributed by atoms with Gasteiger partial charge in [-0.3, -0.25) is 4.79 Å². The molecule has 1 aromatic rings. The monoisotopic (exact) mass is 342 g/mol. The molecule has 1 aromatic carbocycles. The fourth-order valence-corrected chi connectivity index (χ4v) is 3.09. The molecule has 1 aliphatic heterocycles. The number of carbonyl (C=O) groups excluding carboxylic acids is 1. The molecule has 1 fully saturated rings. The predicted molar refractivity (Wildman–Crippen MR) is 81.3 cm³/mol. The molecule has 0 saturated carbocycles. The fraction of sp³-hybridized carbons (Fsp3) is 0.533. The van der Waals surface area contributed by atoms with E-state index in [0.717, 1.165) is 32.5 Å². The highest BCUT2D eigenvalue weighted by Crippen LogP contribution is 2.22. The zero-order valence-electron chi connectivity index (χ0n) is 11.9. The summed E-state index contributed by atoms with van der Waals surface area (Å²) in [5.41, 5.74) is 0.410. The van der Waals surface area contributed by atoms with E-state index < -0.39 is 0 Å². The Balaban J connectivity index is 2.27. The van der Waals surface area contributed by atoms with Gasteiger partial charge in [0.15, 0.2) is 0 Å². The summed E-state index contributed by atoms with van der Waals surface area (Å²) in [6, 6.07) is 4.44. The molecular weight excluding hydrogens is 323 g/mol. The first-order valence-corrected chi connectivity index (χ1v) is 7.76. The lowest BCUT2D eigenvalue weighted by Gasteiger charge is -2.30. The Morgan fingerprint density at radius 3 is 2.90 bits per heavy atom. The van der Waals surface area contributed by atoms with Crippen molar-refractivity contribution < 1.29 is 9.18 Å². The molecule has 3 nitrogen and oxygen atoms in total. The largest absolute Gasteiger partial charge is 0.334 e. The van der Waals surface area contributed by atoms with Gasteiger partial charge in [0.25, 0.3) is 5.91 Å². The molecule has 5 heteroatoms. The summed E-state index contributed by atoms with van der Waals surface area (Å²) in [6.45, 7) is 4.68. The number of carbonyl (C=O) groups is 1. The van der Waals surface area contributed by atoms with Gasteiger partial charge in [0.1, 0.15) is 5.82 Å². The first-order valence-electron chi connectivity index (χ1n) is 6.97. The van der Waals surface area contributed by atoms with Gasteiger partial charge in [0.05, 0.1) is 5.56 Å². The van der Waals surface area contributed by atoms with Crippen LogP contribution in [0.4, 0.5) is 4.39 Å². The lowest BCUT2D eigenvalue weighted by Crippen LogP contribution is -2.43. The normalized spacial score (nSPS) is 20.8. The molecule has 0 N–H and O–H groups in total. The zero-order valence-corrected chi connectivity index (χ0v) is 13.5. The van der Waals surface area contributed by atoms with Gasteiger partial charge >= 0.3 is 0 Å². The van der Waals surface area contributed by atoms with Gasteiger partial charge in [-0.05, 0) is 60.6 Å². The summed E-state index contributed by atoms with van der Waals surface area (Å²) in [5.74, 6) is -0.463. The maximum absolute atomic E-state index is 13.4.